The van der Waals surface area contributed by atoms with Gasteiger partial charge < -0.3 is 15.0 Å². The molecule has 0 aliphatic rings. The van der Waals surface area contributed by atoms with Crippen LogP contribution in [0.4, 0.5) is 11.6 Å². The fourth-order valence-corrected chi connectivity index (χ4v) is 2.98. The molecule has 6 heteroatoms. The van der Waals surface area contributed by atoms with E-state index in [1.54, 1.807) is 30.5 Å². The molecule has 0 amide bonds. The van der Waals surface area contributed by atoms with Crippen LogP contribution in [0, 0.1) is 0 Å². The monoisotopic (exact) mass is 345 g/mol. The number of aromatic nitrogens is 4. The Balaban J connectivity index is 1.72. The molecule has 1 aromatic carbocycles. The lowest BCUT2D eigenvalue weighted by Crippen LogP contribution is -1.97. The number of anilines is 2. The molecule has 0 saturated carbocycles. The van der Waals surface area contributed by atoms with Crippen molar-refractivity contribution in [3.8, 4) is 17.0 Å². The van der Waals surface area contributed by atoms with Gasteiger partial charge in [0.2, 0.25) is 5.95 Å². The van der Waals surface area contributed by atoms with E-state index in [0.717, 1.165) is 40.9 Å². The number of fused-ring (bicyclic) bond motifs is 1. The third-order valence-corrected chi connectivity index (χ3v) is 4.15. The molecule has 0 radical (unpaired) electrons. The highest BCUT2D eigenvalue weighted by Crippen LogP contribution is 2.29. The Morgan fingerprint density at radius 3 is 2.69 bits per heavy atom. The summed E-state index contributed by atoms with van der Waals surface area (Å²) in [6.07, 6.45) is 6.70. The van der Waals surface area contributed by atoms with Crippen LogP contribution in [-0.4, -0.2) is 24.6 Å². The summed E-state index contributed by atoms with van der Waals surface area (Å²) in [5.41, 5.74) is 3.66. The van der Waals surface area contributed by atoms with E-state index in [0.29, 0.717) is 5.95 Å². The lowest BCUT2D eigenvalue weighted by Gasteiger charge is -2.06. The van der Waals surface area contributed by atoms with E-state index in [1.165, 1.54) is 0 Å². The van der Waals surface area contributed by atoms with Crippen LogP contribution in [0.3, 0.4) is 0 Å². The number of benzene rings is 1. The summed E-state index contributed by atoms with van der Waals surface area (Å²) in [5.74, 6) is 0.731. The normalized spacial score (nSPS) is 11.0. The molecule has 0 saturated heterocycles. The third-order valence-electron chi connectivity index (χ3n) is 4.15. The molecule has 0 spiro atoms. The summed E-state index contributed by atoms with van der Waals surface area (Å²) in [7, 11) is 0. The second-order valence-electron chi connectivity index (χ2n) is 6.05. The van der Waals surface area contributed by atoms with Crippen molar-refractivity contribution in [2.75, 3.05) is 5.32 Å². The topological polar surface area (TPSA) is 75.9 Å². The van der Waals surface area contributed by atoms with Crippen molar-refractivity contribution < 1.29 is 5.11 Å². The summed E-state index contributed by atoms with van der Waals surface area (Å²) in [6, 6.07) is 12.7. The molecular weight excluding hydrogens is 326 g/mol. The molecule has 130 valence electrons. The van der Waals surface area contributed by atoms with E-state index in [1.807, 2.05) is 18.3 Å². The Morgan fingerprint density at radius 1 is 1.04 bits per heavy atom. The fourth-order valence-electron chi connectivity index (χ4n) is 2.98. The molecule has 3 heterocycles. The van der Waals surface area contributed by atoms with Crippen molar-refractivity contribution >= 4 is 22.7 Å². The Bertz CT molecular complexity index is 1040. The highest BCUT2D eigenvalue weighted by molar-refractivity contribution is 5.93. The molecule has 26 heavy (non-hydrogen) atoms. The first-order valence-electron chi connectivity index (χ1n) is 8.58. The van der Waals surface area contributed by atoms with Crippen LogP contribution in [0.5, 0.6) is 5.75 Å². The van der Waals surface area contributed by atoms with Crippen molar-refractivity contribution in [3.63, 3.8) is 0 Å². The highest BCUT2D eigenvalue weighted by atomic mass is 16.3. The number of phenolic OH excluding ortho intramolecular Hbond substituents is 1. The molecule has 3 aromatic heterocycles. The number of aryl methyl sites for hydroxylation is 1. The number of hydrogen-bond acceptors (Lipinski definition) is 5. The predicted octanol–water partition coefficient (Wildman–Crippen LogP) is 4.35. The third kappa shape index (κ3) is 3.09. The second-order valence-corrected chi connectivity index (χ2v) is 6.05. The number of hydrogen-bond donors (Lipinski definition) is 2. The number of phenols is 1. The Kier molecular flexibility index (Phi) is 4.23. The van der Waals surface area contributed by atoms with Gasteiger partial charge in [0.05, 0.1) is 5.69 Å². The minimum absolute atomic E-state index is 0.224. The second kappa shape index (κ2) is 6.84. The average molecular weight is 345 g/mol. The van der Waals surface area contributed by atoms with Gasteiger partial charge in [0.15, 0.2) is 0 Å². The van der Waals surface area contributed by atoms with E-state index < -0.39 is 0 Å². The Hall–Kier alpha value is -3.41. The largest absolute Gasteiger partial charge is 0.508 e. The molecule has 0 bridgehead atoms. The summed E-state index contributed by atoms with van der Waals surface area (Å²) in [6.45, 7) is 3.07. The molecule has 0 atom stereocenters. The Morgan fingerprint density at radius 2 is 1.88 bits per heavy atom. The van der Waals surface area contributed by atoms with Gasteiger partial charge in [0.1, 0.15) is 11.4 Å². The molecule has 0 fully saturated rings. The maximum Gasteiger partial charge on any atom is 0.227 e. The number of nitrogens with zero attached hydrogens (tertiary/aromatic N) is 4. The standard InChI is InChI=1S/C20H19N5O/c1-2-12-25-13-17(16-4-3-10-21-19(16)25)18-9-11-22-20(24-18)23-14-5-7-15(26)8-6-14/h3-11,13,26H,2,12H2,1H3,(H,22,23,24). The number of aromatic hydroxyl groups is 1. The van der Waals surface area contributed by atoms with Crippen LogP contribution in [0.15, 0.2) is 61.1 Å². The van der Waals surface area contributed by atoms with Crippen LogP contribution < -0.4 is 5.32 Å². The van der Waals surface area contributed by atoms with Crippen molar-refractivity contribution in [2.45, 2.75) is 19.9 Å². The zero-order valence-corrected chi connectivity index (χ0v) is 14.4. The van der Waals surface area contributed by atoms with Gasteiger partial charge in [0.25, 0.3) is 0 Å². The minimum Gasteiger partial charge on any atom is -0.508 e. The molecule has 0 aliphatic carbocycles. The Labute approximate surface area is 151 Å². The van der Waals surface area contributed by atoms with Crippen LogP contribution in [-0.2, 0) is 6.54 Å². The van der Waals surface area contributed by atoms with Gasteiger partial charge in [-0.25, -0.2) is 15.0 Å². The lowest BCUT2D eigenvalue weighted by molar-refractivity contribution is 0.475. The zero-order chi connectivity index (χ0) is 17.9. The van der Waals surface area contributed by atoms with Gasteiger partial charge in [-0.3, -0.25) is 0 Å². The minimum atomic E-state index is 0.224. The van der Waals surface area contributed by atoms with E-state index >= 15 is 0 Å². The lowest BCUT2D eigenvalue weighted by atomic mass is 10.1. The quantitative estimate of drug-likeness (QED) is 0.526. The van der Waals surface area contributed by atoms with Crippen LogP contribution >= 0.6 is 0 Å². The smallest absolute Gasteiger partial charge is 0.227 e. The van der Waals surface area contributed by atoms with Crippen molar-refractivity contribution in [1.29, 1.82) is 0 Å². The summed E-state index contributed by atoms with van der Waals surface area (Å²) in [5, 5.41) is 13.6. The average Bonchev–Trinajstić information content (AvgIpc) is 3.03. The first-order chi connectivity index (χ1) is 12.7. The number of nitrogens with one attached hydrogen (secondary N) is 1. The van der Waals surface area contributed by atoms with Gasteiger partial charge in [-0.2, -0.15) is 0 Å². The number of rotatable bonds is 5. The highest BCUT2D eigenvalue weighted by Gasteiger charge is 2.12. The van der Waals surface area contributed by atoms with Gasteiger partial charge in [-0.05, 0) is 48.9 Å². The molecule has 4 rings (SSSR count). The van der Waals surface area contributed by atoms with Gasteiger partial charge in [-0.1, -0.05) is 6.92 Å². The summed E-state index contributed by atoms with van der Waals surface area (Å²) < 4.78 is 2.17. The van der Waals surface area contributed by atoms with Crippen LogP contribution in [0.2, 0.25) is 0 Å². The van der Waals surface area contributed by atoms with Crippen molar-refractivity contribution in [2.24, 2.45) is 0 Å². The SMILES string of the molecule is CCCn1cc(-c2ccnc(Nc3ccc(O)cc3)n2)c2cccnc21. The first-order valence-corrected chi connectivity index (χ1v) is 8.58. The molecule has 2 N–H and O–H groups in total. The van der Waals surface area contributed by atoms with Gasteiger partial charge in [0, 0.05) is 41.8 Å². The number of pyridine rings is 1. The molecule has 0 unspecified atom stereocenters. The van der Waals surface area contributed by atoms with Gasteiger partial charge >= 0.3 is 0 Å². The van der Waals surface area contributed by atoms with Crippen LogP contribution in [0.1, 0.15) is 13.3 Å². The summed E-state index contributed by atoms with van der Waals surface area (Å²) in [4.78, 5) is 13.5. The zero-order valence-electron chi connectivity index (χ0n) is 14.4. The summed E-state index contributed by atoms with van der Waals surface area (Å²) >= 11 is 0. The maximum atomic E-state index is 9.39. The van der Waals surface area contributed by atoms with E-state index in [-0.39, 0.29) is 5.75 Å². The molecule has 0 aliphatic heterocycles. The predicted molar refractivity (Wildman–Crippen MR) is 102 cm³/mol. The molecule has 4 aromatic rings. The van der Waals surface area contributed by atoms with Crippen molar-refractivity contribution in [3.05, 3.63) is 61.1 Å². The van der Waals surface area contributed by atoms with E-state index in [9.17, 15) is 5.11 Å². The van der Waals surface area contributed by atoms with E-state index in [4.69, 9.17) is 0 Å². The van der Waals surface area contributed by atoms with E-state index in [2.05, 4.69) is 44.0 Å². The van der Waals surface area contributed by atoms with Gasteiger partial charge in [-0.15, -0.1) is 0 Å². The maximum absolute atomic E-state index is 9.39. The fraction of sp³-hybridized carbons (Fsp3) is 0.150. The van der Waals surface area contributed by atoms with Crippen molar-refractivity contribution in [1.82, 2.24) is 19.5 Å². The molecular formula is C20H19N5O. The first kappa shape index (κ1) is 16.1. The molecule has 6 nitrogen and oxygen atoms in total. The van der Waals surface area contributed by atoms with Crippen LogP contribution in [0.25, 0.3) is 22.3 Å².